The first kappa shape index (κ1) is 17.6. The molecule has 5 nitrogen and oxygen atoms in total. The van der Waals surface area contributed by atoms with E-state index < -0.39 is 0 Å². The number of carbonyl (C=O) groups is 1. The molecular weight excluding hydrogens is 290 g/mol. The van der Waals surface area contributed by atoms with Crippen LogP contribution in [-0.2, 0) is 6.54 Å². The molecule has 1 atom stereocenters. The Labute approximate surface area is 139 Å². The third-order valence-electron chi connectivity index (χ3n) is 4.50. The second kappa shape index (κ2) is 8.20. The van der Waals surface area contributed by atoms with Gasteiger partial charge in [-0.15, -0.1) is 0 Å². The molecule has 1 aliphatic heterocycles. The highest BCUT2D eigenvalue weighted by Gasteiger charge is 2.26. The van der Waals surface area contributed by atoms with Crippen molar-refractivity contribution >= 4 is 11.7 Å². The number of piperidine rings is 1. The summed E-state index contributed by atoms with van der Waals surface area (Å²) < 4.78 is 0. The van der Waals surface area contributed by atoms with E-state index in [2.05, 4.69) is 35.3 Å². The van der Waals surface area contributed by atoms with Crippen molar-refractivity contribution in [1.29, 1.82) is 0 Å². The summed E-state index contributed by atoms with van der Waals surface area (Å²) in [5.74, 6) is 0. The third-order valence-corrected chi connectivity index (χ3v) is 4.50. The van der Waals surface area contributed by atoms with Gasteiger partial charge in [0.05, 0.1) is 0 Å². The van der Waals surface area contributed by atoms with E-state index in [1.165, 1.54) is 5.56 Å². The Morgan fingerprint density at radius 2 is 2.17 bits per heavy atom. The number of benzene rings is 1. The molecule has 2 N–H and O–H groups in total. The molecule has 128 valence electrons. The molecule has 0 spiro atoms. The van der Waals surface area contributed by atoms with Crippen LogP contribution in [0.3, 0.4) is 0 Å². The van der Waals surface area contributed by atoms with Crippen LogP contribution >= 0.6 is 0 Å². The minimum Gasteiger partial charge on any atom is -0.396 e. The highest BCUT2D eigenvalue weighted by molar-refractivity contribution is 5.75. The van der Waals surface area contributed by atoms with Gasteiger partial charge >= 0.3 is 6.03 Å². The number of amides is 2. The number of hydrogen-bond donors (Lipinski definition) is 2. The molecule has 0 bridgehead atoms. The average molecular weight is 319 g/mol. The monoisotopic (exact) mass is 319 g/mol. The van der Waals surface area contributed by atoms with Crippen LogP contribution in [0.25, 0.3) is 0 Å². The number of rotatable bonds is 5. The summed E-state index contributed by atoms with van der Waals surface area (Å²) in [4.78, 5) is 16.5. The number of nitrogens with zero attached hydrogens (tertiary/aromatic N) is 2. The van der Waals surface area contributed by atoms with Gasteiger partial charge in [0.2, 0.25) is 0 Å². The predicted molar refractivity (Wildman–Crippen MR) is 93.8 cm³/mol. The highest BCUT2D eigenvalue weighted by Crippen LogP contribution is 2.22. The van der Waals surface area contributed by atoms with E-state index in [9.17, 15) is 9.90 Å². The summed E-state index contributed by atoms with van der Waals surface area (Å²) >= 11 is 0. The summed E-state index contributed by atoms with van der Waals surface area (Å²) in [6.07, 6.45) is 3.84. The van der Waals surface area contributed by atoms with Crippen LogP contribution in [0.2, 0.25) is 0 Å². The van der Waals surface area contributed by atoms with E-state index in [0.717, 1.165) is 37.1 Å². The molecule has 5 heteroatoms. The zero-order valence-electron chi connectivity index (χ0n) is 14.5. The molecule has 0 aromatic heterocycles. The molecule has 1 heterocycles. The summed E-state index contributed by atoms with van der Waals surface area (Å²) in [6.45, 7) is 3.51. The molecule has 2 amide bonds. The van der Waals surface area contributed by atoms with Crippen molar-refractivity contribution in [1.82, 2.24) is 10.2 Å². The molecule has 0 aliphatic carbocycles. The number of likely N-dealkylation sites (tertiary alicyclic amines) is 1. The minimum atomic E-state index is -0.0200. The van der Waals surface area contributed by atoms with E-state index in [-0.39, 0.29) is 18.7 Å². The maximum absolute atomic E-state index is 12.5. The van der Waals surface area contributed by atoms with Crippen LogP contribution in [0, 0.1) is 6.92 Å². The maximum Gasteiger partial charge on any atom is 0.317 e. The fourth-order valence-corrected chi connectivity index (χ4v) is 3.23. The number of hydrogen-bond acceptors (Lipinski definition) is 3. The lowest BCUT2D eigenvalue weighted by Gasteiger charge is -2.35. The van der Waals surface area contributed by atoms with Crippen molar-refractivity contribution in [3.05, 3.63) is 29.3 Å². The van der Waals surface area contributed by atoms with Gasteiger partial charge in [0, 0.05) is 45.5 Å². The van der Waals surface area contributed by atoms with E-state index >= 15 is 0 Å². The van der Waals surface area contributed by atoms with Gasteiger partial charge in [-0.05, 0) is 49.8 Å². The minimum absolute atomic E-state index is 0.0200. The fourth-order valence-electron chi connectivity index (χ4n) is 3.23. The topological polar surface area (TPSA) is 55.8 Å². The van der Waals surface area contributed by atoms with Gasteiger partial charge in [-0.25, -0.2) is 4.79 Å². The van der Waals surface area contributed by atoms with Crippen LogP contribution < -0.4 is 10.2 Å². The Kier molecular flexibility index (Phi) is 6.28. The first-order valence-corrected chi connectivity index (χ1v) is 8.45. The molecule has 0 radical (unpaired) electrons. The van der Waals surface area contributed by atoms with Gasteiger partial charge in [-0.2, -0.15) is 0 Å². The molecule has 2 rings (SSSR count). The molecule has 1 saturated heterocycles. The quantitative estimate of drug-likeness (QED) is 0.877. The normalized spacial score (nSPS) is 17.9. The van der Waals surface area contributed by atoms with Crippen LogP contribution in [0.5, 0.6) is 0 Å². The molecule has 1 aromatic rings. The number of carbonyl (C=O) groups excluding carboxylic acids is 1. The Morgan fingerprint density at radius 1 is 1.39 bits per heavy atom. The lowest BCUT2D eigenvalue weighted by molar-refractivity contribution is 0.131. The van der Waals surface area contributed by atoms with Gasteiger partial charge in [0.15, 0.2) is 0 Å². The lowest BCUT2D eigenvalue weighted by atomic mass is 10.00. The van der Waals surface area contributed by atoms with Crippen LogP contribution in [0.4, 0.5) is 10.5 Å². The second-order valence-electron chi connectivity index (χ2n) is 6.54. The predicted octanol–water partition coefficient (Wildman–Crippen LogP) is 2.51. The van der Waals surface area contributed by atoms with Crippen molar-refractivity contribution < 1.29 is 9.90 Å². The van der Waals surface area contributed by atoms with Crippen molar-refractivity contribution in [2.75, 3.05) is 32.1 Å². The first-order valence-electron chi connectivity index (χ1n) is 8.45. The molecule has 1 aromatic carbocycles. The Hall–Kier alpha value is -1.75. The zero-order chi connectivity index (χ0) is 16.8. The van der Waals surface area contributed by atoms with E-state index in [1.807, 2.05) is 19.0 Å². The second-order valence-corrected chi connectivity index (χ2v) is 6.54. The highest BCUT2D eigenvalue weighted by atomic mass is 16.3. The summed E-state index contributed by atoms with van der Waals surface area (Å²) in [7, 11) is 4.03. The SMILES string of the molecule is Cc1ccc(CNC(=O)N2CCCC[C@@H]2CCO)c(N(C)C)c1. The largest absolute Gasteiger partial charge is 0.396 e. The molecule has 0 unspecified atom stereocenters. The number of aryl methyl sites for hydroxylation is 1. The molecule has 1 fully saturated rings. The van der Waals surface area contributed by atoms with Crippen molar-refractivity contribution in [3.8, 4) is 0 Å². The standard InChI is InChI=1S/C18H29N3O2/c1-14-7-8-15(17(12-14)20(2)3)13-19-18(23)21-10-5-4-6-16(21)9-11-22/h7-8,12,16,22H,4-6,9-11,13H2,1-3H3,(H,19,23)/t16-/m1/s1. The van der Waals surface area contributed by atoms with Crippen molar-refractivity contribution in [2.45, 2.75) is 45.2 Å². The van der Waals surface area contributed by atoms with Gasteiger partial charge in [0.25, 0.3) is 0 Å². The van der Waals surface area contributed by atoms with E-state index in [4.69, 9.17) is 0 Å². The van der Waals surface area contributed by atoms with Gasteiger partial charge in [0.1, 0.15) is 0 Å². The van der Waals surface area contributed by atoms with Crippen molar-refractivity contribution in [2.24, 2.45) is 0 Å². The summed E-state index contributed by atoms with van der Waals surface area (Å²) in [5, 5.41) is 12.2. The van der Waals surface area contributed by atoms with Gasteiger partial charge in [-0.3, -0.25) is 0 Å². The smallest absolute Gasteiger partial charge is 0.317 e. The number of aliphatic hydroxyl groups excluding tert-OH is 1. The van der Waals surface area contributed by atoms with Gasteiger partial charge in [-0.1, -0.05) is 12.1 Å². The number of anilines is 1. The van der Waals surface area contributed by atoms with Crippen molar-refractivity contribution in [3.63, 3.8) is 0 Å². The van der Waals surface area contributed by atoms with Crippen LogP contribution in [0.1, 0.15) is 36.8 Å². The van der Waals surface area contributed by atoms with Crippen LogP contribution in [-0.4, -0.2) is 49.3 Å². The Bertz CT molecular complexity index is 529. The molecule has 23 heavy (non-hydrogen) atoms. The summed E-state index contributed by atoms with van der Waals surface area (Å²) in [5.41, 5.74) is 3.46. The van der Waals surface area contributed by atoms with Gasteiger partial charge < -0.3 is 20.2 Å². The zero-order valence-corrected chi connectivity index (χ0v) is 14.5. The number of nitrogens with one attached hydrogen (secondary N) is 1. The molecular formula is C18H29N3O2. The molecule has 0 saturated carbocycles. The third kappa shape index (κ3) is 4.61. The van der Waals surface area contributed by atoms with E-state index in [1.54, 1.807) is 0 Å². The Balaban J connectivity index is 2.01. The first-order chi connectivity index (χ1) is 11.0. The molecule has 1 aliphatic rings. The van der Waals surface area contributed by atoms with Crippen LogP contribution in [0.15, 0.2) is 18.2 Å². The summed E-state index contributed by atoms with van der Waals surface area (Å²) in [6, 6.07) is 6.43. The lowest BCUT2D eigenvalue weighted by Crippen LogP contribution is -2.48. The average Bonchev–Trinajstić information content (AvgIpc) is 2.54. The maximum atomic E-state index is 12.5. The number of aliphatic hydroxyl groups is 1. The Morgan fingerprint density at radius 3 is 2.87 bits per heavy atom. The van der Waals surface area contributed by atoms with E-state index in [0.29, 0.717) is 13.0 Å². The fraction of sp³-hybridized carbons (Fsp3) is 0.611. The number of urea groups is 1.